The molecule has 3 rings (SSSR count). The van der Waals surface area contributed by atoms with Crippen molar-refractivity contribution < 1.29 is 5.11 Å². The number of anilines is 1. The average Bonchev–Trinajstić information content (AvgIpc) is 2.91. The average molecular weight is 232 g/mol. The topological polar surface area (TPSA) is 44.3 Å². The molecular formula is C14H20N2O. The maximum atomic E-state index is 10.4. The SMILES string of the molecule is OC(C1CCCN1)C1CCc2ccccc2N1. The van der Waals surface area contributed by atoms with Gasteiger partial charge in [0, 0.05) is 11.7 Å². The number of rotatable bonds is 2. The Morgan fingerprint density at radius 1 is 1.18 bits per heavy atom. The number of hydrogen-bond acceptors (Lipinski definition) is 3. The van der Waals surface area contributed by atoms with E-state index >= 15 is 0 Å². The lowest BCUT2D eigenvalue weighted by atomic mass is 9.91. The van der Waals surface area contributed by atoms with Crippen molar-refractivity contribution in [3.05, 3.63) is 29.8 Å². The molecule has 0 spiro atoms. The summed E-state index contributed by atoms with van der Waals surface area (Å²) in [6, 6.07) is 8.87. The lowest BCUT2D eigenvalue weighted by Gasteiger charge is -2.33. The summed E-state index contributed by atoms with van der Waals surface area (Å²) < 4.78 is 0. The van der Waals surface area contributed by atoms with Crippen molar-refractivity contribution in [2.75, 3.05) is 11.9 Å². The van der Waals surface area contributed by atoms with Gasteiger partial charge in [0.15, 0.2) is 0 Å². The van der Waals surface area contributed by atoms with Crippen LogP contribution in [-0.2, 0) is 6.42 Å². The lowest BCUT2D eigenvalue weighted by Crippen LogP contribution is -2.47. The Kier molecular flexibility index (Phi) is 3.04. The first-order valence-electron chi connectivity index (χ1n) is 6.60. The Balaban J connectivity index is 1.70. The van der Waals surface area contributed by atoms with Crippen LogP contribution >= 0.6 is 0 Å². The maximum Gasteiger partial charge on any atom is 0.0893 e. The Labute approximate surface area is 102 Å². The first kappa shape index (κ1) is 11.1. The van der Waals surface area contributed by atoms with Crippen molar-refractivity contribution in [1.29, 1.82) is 0 Å². The third-order valence-corrected chi connectivity index (χ3v) is 4.01. The number of benzene rings is 1. The Bertz CT molecular complexity index is 388. The van der Waals surface area contributed by atoms with E-state index in [0.29, 0.717) is 0 Å². The lowest BCUT2D eigenvalue weighted by molar-refractivity contribution is 0.111. The minimum Gasteiger partial charge on any atom is -0.389 e. The van der Waals surface area contributed by atoms with Crippen LogP contribution in [-0.4, -0.2) is 29.8 Å². The summed E-state index contributed by atoms with van der Waals surface area (Å²) in [4.78, 5) is 0. The number of para-hydroxylation sites is 1. The normalized spacial score (nSPS) is 29.5. The summed E-state index contributed by atoms with van der Waals surface area (Å²) in [5, 5.41) is 17.2. The third-order valence-electron chi connectivity index (χ3n) is 4.01. The molecule has 0 amide bonds. The van der Waals surface area contributed by atoms with Crippen LogP contribution in [0, 0.1) is 0 Å². The molecule has 3 atom stereocenters. The Hall–Kier alpha value is -1.06. The number of aliphatic hydroxyl groups excluding tert-OH is 1. The van der Waals surface area contributed by atoms with E-state index in [4.69, 9.17) is 0 Å². The first-order chi connectivity index (χ1) is 8.34. The van der Waals surface area contributed by atoms with Gasteiger partial charge in [-0.05, 0) is 43.9 Å². The predicted octanol–water partition coefficient (Wildman–Crippen LogP) is 1.53. The number of aliphatic hydroxyl groups is 1. The van der Waals surface area contributed by atoms with Crippen LogP contribution in [0.1, 0.15) is 24.8 Å². The quantitative estimate of drug-likeness (QED) is 0.724. The van der Waals surface area contributed by atoms with E-state index in [0.717, 1.165) is 25.8 Å². The zero-order valence-electron chi connectivity index (χ0n) is 10.0. The van der Waals surface area contributed by atoms with Gasteiger partial charge in [0.2, 0.25) is 0 Å². The Morgan fingerprint density at radius 3 is 2.88 bits per heavy atom. The van der Waals surface area contributed by atoms with Gasteiger partial charge < -0.3 is 15.7 Å². The van der Waals surface area contributed by atoms with Crippen molar-refractivity contribution in [2.45, 2.75) is 43.9 Å². The molecular weight excluding hydrogens is 212 g/mol. The van der Waals surface area contributed by atoms with E-state index in [1.165, 1.54) is 17.7 Å². The van der Waals surface area contributed by atoms with Crippen LogP contribution in [0.4, 0.5) is 5.69 Å². The molecule has 1 fully saturated rings. The Morgan fingerprint density at radius 2 is 2.06 bits per heavy atom. The molecule has 92 valence electrons. The van der Waals surface area contributed by atoms with Crippen molar-refractivity contribution in [3.63, 3.8) is 0 Å². The van der Waals surface area contributed by atoms with Crippen molar-refractivity contribution in [3.8, 4) is 0 Å². The molecule has 0 radical (unpaired) electrons. The highest BCUT2D eigenvalue weighted by molar-refractivity contribution is 5.54. The van der Waals surface area contributed by atoms with Crippen LogP contribution in [0.15, 0.2) is 24.3 Å². The number of aryl methyl sites for hydroxylation is 1. The summed E-state index contributed by atoms with van der Waals surface area (Å²) in [6.45, 7) is 1.05. The number of nitrogens with one attached hydrogen (secondary N) is 2. The fourth-order valence-corrected chi connectivity index (χ4v) is 3.00. The van der Waals surface area contributed by atoms with Crippen molar-refractivity contribution in [2.24, 2.45) is 0 Å². The standard InChI is InChI=1S/C14H20N2O/c17-14(12-6-3-9-15-12)13-8-7-10-4-1-2-5-11(10)16-13/h1-2,4-5,12-17H,3,6-9H2. The maximum absolute atomic E-state index is 10.4. The van der Waals surface area contributed by atoms with Crippen molar-refractivity contribution >= 4 is 5.69 Å². The molecule has 2 heterocycles. The second-order valence-corrected chi connectivity index (χ2v) is 5.14. The first-order valence-corrected chi connectivity index (χ1v) is 6.60. The van der Waals surface area contributed by atoms with E-state index in [1.54, 1.807) is 0 Å². The van der Waals surface area contributed by atoms with Crippen molar-refractivity contribution in [1.82, 2.24) is 5.32 Å². The fraction of sp³-hybridized carbons (Fsp3) is 0.571. The van der Waals surface area contributed by atoms with Gasteiger partial charge in [-0.25, -0.2) is 0 Å². The molecule has 3 nitrogen and oxygen atoms in total. The van der Waals surface area contributed by atoms with Crippen LogP contribution < -0.4 is 10.6 Å². The van der Waals surface area contributed by atoms with Gasteiger partial charge in [-0.2, -0.15) is 0 Å². The molecule has 1 aromatic carbocycles. The van der Waals surface area contributed by atoms with Crippen LogP contribution in [0.2, 0.25) is 0 Å². The molecule has 3 N–H and O–H groups in total. The summed E-state index contributed by atoms with van der Waals surface area (Å²) >= 11 is 0. The molecule has 2 aliphatic rings. The second kappa shape index (κ2) is 4.67. The highest BCUT2D eigenvalue weighted by atomic mass is 16.3. The molecule has 0 aromatic heterocycles. The van der Waals surface area contributed by atoms with Gasteiger partial charge in [0.25, 0.3) is 0 Å². The molecule has 0 saturated carbocycles. The molecule has 3 heteroatoms. The largest absolute Gasteiger partial charge is 0.389 e. The summed E-state index contributed by atoms with van der Waals surface area (Å²) in [5.74, 6) is 0. The highest BCUT2D eigenvalue weighted by Crippen LogP contribution is 2.27. The summed E-state index contributed by atoms with van der Waals surface area (Å²) in [5.41, 5.74) is 2.57. The van der Waals surface area contributed by atoms with E-state index in [2.05, 4.69) is 34.9 Å². The summed E-state index contributed by atoms with van der Waals surface area (Å²) in [7, 11) is 0. The number of fused-ring (bicyclic) bond motifs is 1. The molecule has 1 saturated heterocycles. The van der Waals surface area contributed by atoms with Gasteiger partial charge in [-0.1, -0.05) is 18.2 Å². The molecule has 0 aliphatic carbocycles. The van der Waals surface area contributed by atoms with E-state index in [9.17, 15) is 5.11 Å². The minimum atomic E-state index is -0.272. The highest BCUT2D eigenvalue weighted by Gasteiger charge is 2.31. The zero-order valence-corrected chi connectivity index (χ0v) is 10.0. The van der Waals surface area contributed by atoms with Gasteiger partial charge in [0.05, 0.1) is 12.1 Å². The fourth-order valence-electron chi connectivity index (χ4n) is 3.00. The van der Waals surface area contributed by atoms with E-state index in [1.807, 2.05) is 0 Å². The zero-order chi connectivity index (χ0) is 11.7. The van der Waals surface area contributed by atoms with Crippen LogP contribution in [0.5, 0.6) is 0 Å². The van der Waals surface area contributed by atoms with Gasteiger partial charge in [-0.15, -0.1) is 0 Å². The van der Waals surface area contributed by atoms with Gasteiger partial charge >= 0.3 is 0 Å². The molecule has 0 bridgehead atoms. The molecule has 3 unspecified atom stereocenters. The predicted molar refractivity (Wildman–Crippen MR) is 69.2 cm³/mol. The number of hydrogen-bond donors (Lipinski definition) is 3. The molecule has 1 aromatic rings. The van der Waals surface area contributed by atoms with Crippen LogP contribution in [0.25, 0.3) is 0 Å². The van der Waals surface area contributed by atoms with Gasteiger partial charge in [-0.3, -0.25) is 0 Å². The van der Waals surface area contributed by atoms with E-state index < -0.39 is 0 Å². The molecule has 17 heavy (non-hydrogen) atoms. The monoisotopic (exact) mass is 232 g/mol. The van der Waals surface area contributed by atoms with E-state index in [-0.39, 0.29) is 18.2 Å². The van der Waals surface area contributed by atoms with Crippen LogP contribution in [0.3, 0.4) is 0 Å². The second-order valence-electron chi connectivity index (χ2n) is 5.14. The third kappa shape index (κ3) is 2.17. The smallest absolute Gasteiger partial charge is 0.0893 e. The summed E-state index contributed by atoms with van der Waals surface area (Å²) in [6.07, 6.45) is 4.10. The molecule has 2 aliphatic heterocycles. The minimum absolute atomic E-state index is 0.195. The van der Waals surface area contributed by atoms with Gasteiger partial charge in [0.1, 0.15) is 0 Å².